The third kappa shape index (κ3) is 2.28. The van der Waals surface area contributed by atoms with E-state index in [9.17, 15) is 0 Å². The van der Waals surface area contributed by atoms with Crippen LogP contribution in [0.25, 0.3) is 0 Å². The van der Waals surface area contributed by atoms with Crippen LogP contribution in [0.2, 0.25) is 0 Å². The summed E-state index contributed by atoms with van der Waals surface area (Å²) in [6.45, 7) is 5.17. The van der Waals surface area contributed by atoms with Gasteiger partial charge in [-0.25, -0.2) is 0 Å². The lowest BCUT2D eigenvalue weighted by Crippen LogP contribution is -2.06. The average Bonchev–Trinajstić information content (AvgIpc) is 2.74. The zero-order valence-electron chi connectivity index (χ0n) is 10.2. The van der Waals surface area contributed by atoms with E-state index in [1.165, 1.54) is 0 Å². The Balaban J connectivity index is 2.31. The minimum atomic E-state index is 0.525. The second-order valence-corrected chi connectivity index (χ2v) is 4.90. The first-order chi connectivity index (χ1) is 8.02. The normalized spacial score (nSPS) is 11.1. The number of hydrogen-bond acceptors (Lipinski definition) is 3. The van der Waals surface area contributed by atoms with Gasteiger partial charge in [0.05, 0.1) is 28.1 Å². The van der Waals surface area contributed by atoms with Gasteiger partial charge in [-0.3, -0.25) is 9.36 Å². The van der Waals surface area contributed by atoms with E-state index in [0.29, 0.717) is 13.1 Å². The third-order valence-corrected chi connectivity index (χ3v) is 3.87. The molecule has 0 aliphatic rings. The van der Waals surface area contributed by atoms with E-state index in [-0.39, 0.29) is 0 Å². The maximum Gasteiger partial charge on any atom is 0.0839 e. The van der Waals surface area contributed by atoms with Crippen LogP contribution in [0.15, 0.2) is 10.7 Å². The Labute approximate surface area is 109 Å². The standard InChI is InChI=1S/C11H16BrN5/c1-7-9(4-13)5-17(15-7)6-10-11(12)8(2)14-16(10)3/h5H,4,6,13H2,1-3H3. The number of rotatable bonds is 3. The summed E-state index contributed by atoms with van der Waals surface area (Å²) in [6, 6.07) is 0. The number of nitrogens with zero attached hydrogens (tertiary/aromatic N) is 4. The molecular weight excluding hydrogens is 282 g/mol. The van der Waals surface area contributed by atoms with Gasteiger partial charge >= 0.3 is 0 Å². The number of aromatic nitrogens is 4. The van der Waals surface area contributed by atoms with Crippen LogP contribution in [0.1, 0.15) is 22.6 Å². The van der Waals surface area contributed by atoms with Gasteiger partial charge in [0.25, 0.3) is 0 Å². The molecule has 2 N–H and O–H groups in total. The van der Waals surface area contributed by atoms with Gasteiger partial charge in [-0.1, -0.05) is 0 Å². The Bertz CT molecular complexity index is 540. The fourth-order valence-electron chi connectivity index (χ4n) is 1.85. The maximum absolute atomic E-state index is 5.64. The smallest absolute Gasteiger partial charge is 0.0839 e. The van der Waals surface area contributed by atoms with Crippen LogP contribution in [0, 0.1) is 13.8 Å². The molecule has 0 aliphatic heterocycles. The third-order valence-electron chi connectivity index (χ3n) is 2.84. The van der Waals surface area contributed by atoms with Crippen molar-refractivity contribution in [2.45, 2.75) is 26.9 Å². The van der Waals surface area contributed by atoms with Crippen molar-refractivity contribution in [1.82, 2.24) is 19.6 Å². The van der Waals surface area contributed by atoms with Crippen LogP contribution < -0.4 is 5.73 Å². The summed E-state index contributed by atoms with van der Waals surface area (Å²) in [4.78, 5) is 0. The van der Waals surface area contributed by atoms with E-state index in [1.807, 2.05) is 36.5 Å². The van der Waals surface area contributed by atoms with Crippen molar-refractivity contribution in [2.24, 2.45) is 12.8 Å². The van der Waals surface area contributed by atoms with Crippen LogP contribution >= 0.6 is 15.9 Å². The van der Waals surface area contributed by atoms with Crippen LogP contribution in [0.4, 0.5) is 0 Å². The molecule has 0 saturated heterocycles. The van der Waals surface area contributed by atoms with Gasteiger partial charge < -0.3 is 5.73 Å². The Kier molecular flexibility index (Phi) is 3.35. The molecule has 0 aliphatic carbocycles. The molecule has 0 aromatic carbocycles. The molecule has 0 atom stereocenters. The highest BCUT2D eigenvalue weighted by Crippen LogP contribution is 2.21. The Hall–Kier alpha value is -1.14. The lowest BCUT2D eigenvalue weighted by Gasteiger charge is -2.03. The quantitative estimate of drug-likeness (QED) is 0.934. The van der Waals surface area contributed by atoms with E-state index in [2.05, 4.69) is 26.1 Å². The molecule has 92 valence electrons. The SMILES string of the molecule is Cc1nn(Cc2c(Br)c(C)nn2C)cc1CN. The minimum absolute atomic E-state index is 0.525. The van der Waals surface area contributed by atoms with Crippen LogP contribution in [-0.4, -0.2) is 19.6 Å². The van der Waals surface area contributed by atoms with Crippen molar-refractivity contribution in [3.05, 3.63) is 33.3 Å². The van der Waals surface area contributed by atoms with Crippen molar-refractivity contribution >= 4 is 15.9 Å². The molecule has 2 aromatic rings. The first kappa shape index (κ1) is 12.3. The molecule has 0 bridgehead atoms. The summed E-state index contributed by atoms with van der Waals surface area (Å²) in [5.41, 5.74) is 9.81. The Morgan fingerprint density at radius 3 is 2.47 bits per heavy atom. The number of hydrogen-bond donors (Lipinski definition) is 1. The van der Waals surface area contributed by atoms with Gasteiger partial charge in [-0.2, -0.15) is 10.2 Å². The van der Waals surface area contributed by atoms with Crippen molar-refractivity contribution in [1.29, 1.82) is 0 Å². The molecular formula is C11H16BrN5. The summed E-state index contributed by atoms with van der Waals surface area (Å²) in [5.74, 6) is 0. The molecule has 0 spiro atoms. The first-order valence-corrected chi connectivity index (χ1v) is 6.23. The van der Waals surface area contributed by atoms with Crippen molar-refractivity contribution in [3.63, 3.8) is 0 Å². The van der Waals surface area contributed by atoms with E-state index in [1.54, 1.807) is 0 Å². The Morgan fingerprint density at radius 2 is 2.00 bits per heavy atom. The summed E-state index contributed by atoms with van der Waals surface area (Å²) in [5, 5.41) is 8.80. The van der Waals surface area contributed by atoms with Gasteiger partial charge in [0.1, 0.15) is 0 Å². The lowest BCUT2D eigenvalue weighted by molar-refractivity contribution is 0.613. The molecule has 0 saturated carbocycles. The lowest BCUT2D eigenvalue weighted by atomic mass is 10.3. The predicted octanol–water partition coefficient (Wildman–Crippen LogP) is 1.50. The fraction of sp³-hybridized carbons (Fsp3) is 0.455. The van der Waals surface area contributed by atoms with Crippen LogP contribution in [0.3, 0.4) is 0 Å². The van der Waals surface area contributed by atoms with Gasteiger partial charge in [0, 0.05) is 25.4 Å². The number of aryl methyl sites for hydroxylation is 3. The Morgan fingerprint density at radius 1 is 1.29 bits per heavy atom. The monoisotopic (exact) mass is 297 g/mol. The van der Waals surface area contributed by atoms with Gasteiger partial charge in [-0.05, 0) is 29.8 Å². The zero-order valence-corrected chi connectivity index (χ0v) is 11.8. The molecule has 0 radical (unpaired) electrons. The molecule has 0 amide bonds. The van der Waals surface area contributed by atoms with Crippen molar-refractivity contribution in [3.8, 4) is 0 Å². The second-order valence-electron chi connectivity index (χ2n) is 4.11. The van der Waals surface area contributed by atoms with Gasteiger partial charge in [-0.15, -0.1) is 0 Å². The van der Waals surface area contributed by atoms with Crippen LogP contribution in [-0.2, 0) is 20.1 Å². The molecule has 6 heteroatoms. The summed E-state index contributed by atoms with van der Waals surface area (Å²) in [7, 11) is 1.94. The fourth-order valence-corrected chi connectivity index (χ4v) is 2.31. The van der Waals surface area contributed by atoms with Crippen molar-refractivity contribution in [2.75, 3.05) is 0 Å². The molecule has 0 unspecified atom stereocenters. The van der Waals surface area contributed by atoms with E-state index < -0.39 is 0 Å². The minimum Gasteiger partial charge on any atom is -0.326 e. The summed E-state index contributed by atoms with van der Waals surface area (Å²) >= 11 is 3.55. The molecule has 17 heavy (non-hydrogen) atoms. The molecule has 2 aromatic heterocycles. The number of nitrogens with two attached hydrogens (primary N) is 1. The highest BCUT2D eigenvalue weighted by Gasteiger charge is 2.12. The van der Waals surface area contributed by atoms with Crippen LogP contribution in [0.5, 0.6) is 0 Å². The van der Waals surface area contributed by atoms with Gasteiger partial charge in [0.2, 0.25) is 0 Å². The molecule has 5 nitrogen and oxygen atoms in total. The molecule has 2 heterocycles. The van der Waals surface area contributed by atoms with Crippen molar-refractivity contribution < 1.29 is 0 Å². The zero-order chi connectivity index (χ0) is 12.6. The molecule has 0 fully saturated rings. The van der Waals surface area contributed by atoms with E-state index in [0.717, 1.165) is 27.1 Å². The predicted molar refractivity (Wildman–Crippen MR) is 69.6 cm³/mol. The highest BCUT2D eigenvalue weighted by atomic mass is 79.9. The topological polar surface area (TPSA) is 61.7 Å². The summed E-state index contributed by atoms with van der Waals surface area (Å²) in [6.07, 6.45) is 1.99. The summed E-state index contributed by atoms with van der Waals surface area (Å²) < 4.78 is 4.82. The average molecular weight is 298 g/mol. The maximum atomic E-state index is 5.64. The second kappa shape index (κ2) is 4.62. The largest absolute Gasteiger partial charge is 0.326 e. The van der Waals surface area contributed by atoms with E-state index >= 15 is 0 Å². The first-order valence-electron chi connectivity index (χ1n) is 5.44. The highest BCUT2D eigenvalue weighted by molar-refractivity contribution is 9.10. The molecule has 2 rings (SSSR count). The van der Waals surface area contributed by atoms with E-state index in [4.69, 9.17) is 5.73 Å². The van der Waals surface area contributed by atoms with Gasteiger partial charge in [0.15, 0.2) is 0 Å². The number of halogens is 1.